The maximum absolute atomic E-state index is 12.5. The summed E-state index contributed by atoms with van der Waals surface area (Å²) in [5.74, 6) is -3.47. The number of carboxylic acids is 1. The molecule has 0 saturated heterocycles. The van der Waals surface area contributed by atoms with E-state index in [1.54, 1.807) is 0 Å². The molecular weight excluding hydrogens is 298 g/mol. The number of carboxylic acid groups (broad SMARTS) is 1. The van der Waals surface area contributed by atoms with E-state index in [9.17, 15) is 31.1 Å². The van der Waals surface area contributed by atoms with Gasteiger partial charge >= 0.3 is 18.5 Å². The Morgan fingerprint density at radius 1 is 1.30 bits per heavy atom. The molecule has 0 amide bonds. The average molecular weight is 304 g/mol. The highest BCUT2D eigenvalue weighted by atomic mass is 19.4. The van der Waals surface area contributed by atoms with Crippen LogP contribution < -0.4 is 10.5 Å². The molecule has 0 radical (unpaired) electrons. The van der Waals surface area contributed by atoms with Crippen molar-refractivity contribution < 1.29 is 41.0 Å². The van der Waals surface area contributed by atoms with Gasteiger partial charge in [0.25, 0.3) is 0 Å². The van der Waals surface area contributed by atoms with Crippen molar-refractivity contribution in [1.29, 1.82) is 0 Å². The summed E-state index contributed by atoms with van der Waals surface area (Å²) in [6.07, 6.45) is -10.3. The fourth-order valence-corrected chi connectivity index (χ4v) is 1.26. The lowest BCUT2D eigenvalue weighted by atomic mass is 10.1. The van der Waals surface area contributed by atoms with Gasteiger partial charge in [-0.25, -0.2) is 9.78 Å². The predicted molar refractivity (Wildman–Crippen MR) is 50.8 cm³/mol. The van der Waals surface area contributed by atoms with Crippen LogP contribution in [0.25, 0.3) is 0 Å². The molecule has 1 aromatic heterocycles. The summed E-state index contributed by atoms with van der Waals surface area (Å²) in [5.41, 5.74) is 1.05. The number of aromatic nitrogens is 1. The third-order valence-electron chi connectivity index (χ3n) is 1.98. The standard InChI is InChI=1S/C9H6F6N2O3/c10-8(11,12)4-1-3(2-16)6(20-9(13,14)15)5(17-4)7(18)19/h1H,2,16H2,(H,18,19). The van der Waals surface area contributed by atoms with Crippen molar-refractivity contribution >= 4 is 5.97 Å². The lowest BCUT2D eigenvalue weighted by Crippen LogP contribution is -2.23. The summed E-state index contributed by atoms with van der Waals surface area (Å²) >= 11 is 0. The van der Waals surface area contributed by atoms with E-state index in [4.69, 9.17) is 10.8 Å². The van der Waals surface area contributed by atoms with Crippen LogP contribution >= 0.6 is 0 Å². The lowest BCUT2D eigenvalue weighted by molar-refractivity contribution is -0.275. The molecule has 0 spiro atoms. The molecule has 0 aliphatic heterocycles. The number of halogens is 6. The smallest absolute Gasteiger partial charge is 0.476 e. The van der Waals surface area contributed by atoms with Crippen LogP contribution in [0.1, 0.15) is 21.7 Å². The summed E-state index contributed by atoms with van der Waals surface area (Å²) < 4.78 is 77.2. The molecule has 0 aliphatic carbocycles. The number of rotatable bonds is 3. The molecule has 0 bridgehead atoms. The first-order valence-corrected chi connectivity index (χ1v) is 4.76. The quantitative estimate of drug-likeness (QED) is 0.836. The van der Waals surface area contributed by atoms with E-state index in [1.165, 1.54) is 0 Å². The highest BCUT2D eigenvalue weighted by Gasteiger charge is 2.39. The van der Waals surface area contributed by atoms with Crippen molar-refractivity contribution in [2.45, 2.75) is 19.1 Å². The fraction of sp³-hybridized carbons (Fsp3) is 0.333. The number of ether oxygens (including phenoxy) is 1. The van der Waals surface area contributed by atoms with Crippen LogP contribution in [0.2, 0.25) is 0 Å². The number of nitrogens with zero attached hydrogens (tertiary/aromatic N) is 1. The van der Waals surface area contributed by atoms with Gasteiger partial charge in [0.2, 0.25) is 0 Å². The van der Waals surface area contributed by atoms with Crippen molar-refractivity contribution in [3.63, 3.8) is 0 Å². The van der Waals surface area contributed by atoms with E-state index < -0.39 is 47.8 Å². The second-order valence-corrected chi connectivity index (χ2v) is 3.40. The number of nitrogens with two attached hydrogens (primary N) is 1. The number of carbonyl (C=O) groups is 1. The third-order valence-corrected chi connectivity index (χ3v) is 1.98. The van der Waals surface area contributed by atoms with Gasteiger partial charge in [0.05, 0.1) is 0 Å². The van der Waals surface area contributed by atoms with Gasteiger partial charge < -0.3 is 15.6 Å². The fourth-order valence-electron chi connectivity index (χ4n) is 1.26. The zero-order chi connectivity index (χ0) is 15.7. The molecule has 5 nitrogen and oxygen atoms in total. The second-order valence-electron chi connectivity index (χ2n) is 3.40. The Balaban J connectivity index is 3.53. The van der Waals surface area contributed by atoms with Crippen molar-refractivity contribution in [1.82, 2.24) is 4.98 Å². The molecule has 0 unspecified atom stereocenters. The molecule has 0 saturated carbocycles. The van der Waals surface area contributed by atoms with E-state index in [1.807, 2.05) is 0 Å². The topological polar surface area (TPSA) is 85.4 Å². The van der Waals surface area contributed by atoms with Gasteiger partial charge in [0.1, 0.15) is 5.69 Å². The van der Waals surface area contributed by atoms with Crippen LogP contribution in [0.4, 0.5) is 26.3 Å². The van der Waals surface area contributed by atoms with Crippen LogP contribution in [0, 0.1) is 0 Å². The van der Waals surface area contributed by atoms with E-state index >= 15 is 0 Å². The third kappa shape index (κ3) is 3.73. The Hall–Kier alpha value is -2.04. The lowest BCUT2D eigenvalue weighted by Gasteiger charge is -2.16. The van der Waals surface area contributed by atoms with Crippen molar-refractivity contribution in [2.24, 2.45) is 5.73 Å². The van der Waals surface area contributed by atoms with Crippen molar-refractivity contribution in [3.8, 4) is 5.75 Å². The van der Waals surface area contributed by atoms with E-state index in [0.717, 1.165) is 0 Å². The zero-order valence-corrected chi connectivity index (χ0v) is 9.34. The van der Waals surface area contributed by atoms with Crippen molar-refractivity contribution in [3.05, 3.63) is 23.0 Å². The average Bonchev–Trinajstić information content (AvgIpc) is 2.25. The van der Waals surface area contributed by atoms with Gasteiger partial charge in [0.15, 0.2) is 11.4 Å². The Kier molecular flexibility index (Phi) is 4.12. The molecule has 11 heteroatoms. The Morgan fingerprint density at radius 3 is 2.20 bits per heavy atom. The van der Waals surface area contributed by atoms with Crippen LogP contribution in [0.5, 0.6) is 5.75 Å². The van der Waals surface area contributed by atoms with Crippen LogP contribution in [0.3, 0.4) is 0 Å². The molecule has 0 atom stereocenters. The second kappa shape index (κ2) is 5.15. The van der Waals surface area contributed by atoms with E-state index in [2.05, 4.69) is 9.72 Å². The molecule has 112 valence electrons. The van der Waals surface area contributed by atoms with Crippen LogP contribution in [0.15, 0.2) is 6.07 Å². The van der Waals surface area contributed by atoms with Gasteiger partial charge in [-0.1, -0.05) is 0 Å². The van der Waals surface area contributed by atoms with E-state index in [0.29, 0.717) is 0 Å². The zero-order valence-electron chi connectivity index (χ0n) is 9.34. The Bertz CT molecular complexity index is 526. The molecular formula is C9H6F6N2O3. The molecule has 1 heterocycles. The molecule has 0 aromatic carbocycles. The first-order chi connectivity index (χ1) is 8.95. The SMILES string of the molecule is NCc1cc(C(F)(F)F)nc(C(=O)O)c1OC(F)(F)F. The Labute approximate surface area is 107 Å². The predicted octanol–water partition coefficient (Wildman–Crippen LogP) is 2.16. The maximum atomic E-state index is 12.5. The van der Waals surface area contributed by atoms with Crippen LogP contribution in [-0.2, 0) is 12.7 Å². The summed E-state index contributed by atoms with van der Waals surface area (Å²) in [5, 5.41) is 8.65. The Morgan fingerprint density at radius 2 is 1.85 bits per heavy atom. The largest absolute Gasteiger partial charge is 0.573 e. The minimum Gasteiger partial charge on any atom is -0.476 e. The first kappa shape index (κ1) is 16.0. The molecule has 3 N–H and O–H groups in total. The minimum atomic E-state index is -5.30. The van der Waals surface area contributed by atoms with Gasteiger partial charge in [-0.05, 0) is 6.07 Å². The van der Waals surface area contributed by atoms with Gasteiger partial charge in [0, 0.05) is 12.1 Å². The maximum Gasteiger partial charge on any atom is 0.573 e. The van der Waals surface area contributed by atoms with Crippen molar-refractivity contribution in [2.75, 3.05) is 0 Å². The van der Waals surface area contributed by atoms with Gasteiger partial charge in [-0.15, -0.1) is 13.2 Å². The highest BCUT2D eigenvalue weighted by Crippen LogP contribution is 2.35. The number of alkyl halides is 6. The number of pyridine rings is 1. The minimum absolute atomic E-state index is 0.202. The normalized spacial score (nSPS) is 12.3. The van der Waals surface area contributed by atoms with E-state index in [-0.39, 0.29) is 6.07 Å². The summed E-state index contributed by atoms with van der Waals surface area (Å²) in [4.78, 5) is 13.4. The monoisotopic (exact) mass is 304 g/mol. The summed E-state index contributed by atoms with van der Waals surface area (Å²) in [7, 11) is 0. The molecule has 0 fully saturated rings. The molecule has 1 aromatic rings. The number of hydrogen-bond acceptors (Lipinski definition) is 4. The van der Waals surface area contributed by atoms with Gasteiger partial charge in [-0.3, -0.25) is 0 Å². The highest BCUT2D eigenvalue weighted by molar-refractivity contribution is 5.89. The number of aromatic carboxylic acids is 1. The van der Waals surface area contributed by atoms with Crippen LogP contribution in [-0.4, -0.2) is 22.4 Å². The molecule has 0 aliphatic rings. The van der Waals surface area contributed by atoms with Gasteiger partial charge in [-0.2, -0.15) is 13.2 Å². The molecule has 1 rings (SSSR count). The summed E-state index contributed by atoms with van der Waals surface area (Å²) in [6.45, 7) is -0.794. The molecule has 20 heavy (non-hydrogen) atoms. The summed E-state index contributed by atoms with van der Waals surface area (Å²) in [6, 6.07) is 0.202. The first-order valence-electron chi connectivity index (χ1n) is 4.76. The number of hydrogen-bond donors (Lipinski definition) is 2.